The van der Waals surface area contributed by atoms with Gasteiger partial charge in [-0.3, -0.25) is 30.9 Å². The second-order valence-electron chi connectivity index (χ2n) is 7.09. The van der Waals surface area contributed by atoms with Gasteiger partial charge in [0.1, 0.15) is 13.1 Å². The normalized spacial score (nSPS) is 27.7. The molecule has 0 spiro atoms. The Hall–Kier alpha value is -1.10. The summed E-state index contributed by atoms with van der Waals surface area (Å²) in [5.41, 5.74) is 1.93. The third kappa shape index (κ3) is 6.20. The SMILES string of the molecule is CCCC1=N[C@]([NH2+]CC[NH2+][C@]2(SC)N=C(CCC)CC(=O)N2)(SC)NC(=O)C1. The van der Waals surface area contributed by atoms with E-state index in [9.17, 15) is 9.59 Å². The van der Waals surface area contributed by atoms with Crippen molar-refractivity contribution in [1.29, 1.82) is 0 Å². The van der Waals surface area contributed by atoms with Gasteiger partial charge < -0.3 is 0 Å². The molecule has 2 heterocycles. The molecule has 0 unspecified atom stereocenters. The van der Waals surface area contributed by atoms with E-state index in [1.54, 1.807) is 0 Å². The summed E-state index contributed by atoms with van der Waals surface area (Å²) in [6.07, 6.45) is 8.39. The second-order valence-corrected chi connectivity index (χ2v) is 9.15. The molecule has 2 aliphatic rings. The first-order chi connectivity index (χ1) is 13.4. The number of nitrogens with one attached hydrogen (secondary N) is 2. The zero-order valence-electron chi connectivity index (χ0n) is 17.3. The van der Waals surface area contributed by atoms with E-state index in [0.717, 1.165) is 50.2 Å². The predicted octanol–water partition coefficient (Wildman–Crippen LogP) is -0.416. The van der Waals surface area contributed by atoms with Crippen molar-refractivity contribution in [1.82, 2.24) is 10.6 Å². The lowest BCUT2D eigenvalue weighted by molar-refractivity contribution is -0.768. The van der Waals surface area contributed by atoms with Crippen LogP contribution < -0.4 is 21.3 Å². The maximum absolute atomic E-state index is 12.1. The van der Waals surface area contributed by atoms with Crippen LogP contribution in [0.1, 0.15) is 52.4 Å². The first-order valence-corrected chi connectivity index (χ1v) is 12.4. The van der Waals surface area contributed by atoms with Crippen molar-refractivity contribution in [2.45, 2.75) is 62.6 Å². The van der Waals surface area contributed by atoms with Gasteiger partial charge in [-0.2, -0.15) is 0 Å². The molecule has 0 aromatic heterocycles. The van der Waals surface area contributed by atoms with Crippen LogP contribution in [0.3, 0.4) is 0 Å². The van der Waals surface area contributed by atoms with Crippen LogP contribution >= 0.6 is 23.5 Å². The number of rotatable bonds is 11. The standard InChI is InChI=1S/C18H32N6O2S2/c1-5-7-13-11-15(25)23-17(21-13,27-3)19-9-10-20-18(28-4)22-14(8-6-2)12-16(26)24-18/h19-20H,5-12H2,1-4H3,(H,23,25)(H,24,26)/p+2/t17-,18-/m0/s1. The largest absolute Gasteiger partial charge is 0.320 e. The monoisotopic (exact) mass is 430 g/mol. The van der Waals surface area contributed by atoms with Crippen LogP contribution in [0.2, 0.25) is 0 Å². The van der Waals surface area contributed by atoms with E-state index in [1.807, 2.05) is 12.5 Å². The van der Waals surface area contributed by atoms with Crippen molar-refractivity contribution in [3.8, 4) is 0 Å². The highest BCUT2D eigenvalue weighted by molar-refractivity contribution is 7.99. The van der Waals surface area contributed by atoms with Crippen LogP contribution in [0.4, 0.5) is 0 Å². The van der Waals surface area contributed by atoms with Crippen molar-refractivity contribution in [3.63, 3.8) is 0 Å². The fraction of sp³-hybridized carbons (Fsp3) is 0.778. The number of nitrogens with two attached hydrogens (primary N) is 2. The van der Waals surface area contributed by atoms with Crippen molar-refractivity contribution in [2.24, 2.45) is 9.98 Å². The van der Waals surface area contributed by atoms with E-state index in [2.05, 4.69) is 35.1 Å². The van der Waals surface area contributed by atoms with Gasteiger partial charge in [-0.05, 0) is 48.9 Å². The number of nitrogens with zero attached hydrogens (tertiary/aromatic N) is 2. The second kappa shape index (κ2) is 10.6. The number of amides is 2. The van der Waals surface area contributed by atoms with Crippen LogP contribution in [0, 0.1) is 0 Å². The zero-order chi connectivity index (χ0) is 20.6. The highest BCUT2D eigenvalue weighted by Gasteiger charge is 2.41. The summed E-state index contributed by atoms with van der Waals surface area (Å²) >= 11 is 3.07. The average molecular weight is 431 g/mol. The molecule has 2 aliphatic heterocycles. The maximum atomic E-state index is 12.1. The molecule has 2 atom stereocenters. The van der Waals surface area contributed by atoms with Gasteiger partial charge in [-0.1, -0.05) is 26.7 Å². The molecule has 28 heavy (non-hydrogen) atoms. The number of carbonyl (C=O) groups excluding carboxylic acids is 2. The smallest absolute Gasteiger partial charge is 0.290 e. The average Bonchev–Trinajstić information content (AvgIpc) is 2.65. The van der Waals surface area contributed by atoms with Gasteiger partial charge in [0.2, 0.25) is 11.8 Å². The van der Waals surface area contributed by atoms with Gasteiger partial charge >= 0.3 is 10.2 Å². The van der Waals surface area contributed by atoms with Gasteiger partial charge in [0, 0.05) is 11.4 Å². The summed E-state index contributed by atoms with van der Waals surface area (Å²) in [7, 11) is 0. The lowest BCUT2D eigenvalue weighted by Gasteiger charge is -2.32. The minimum atomic E-state index is -0.688. The minimum absolute atomic E-state index is 0.0296. The summed E-state index contributed by atoms with van der Waals surface area (Å²) in [5, 5.41) is 8.81. The van der Waals surface area contributed by atoms with Gasteiger partial charge in [-0.25, -0.2) is 9.98 Å². The Kier molecular flexibility index (Phi) is 8.79. The molecule has 0 bridgehead atoms. The molecule has 0 saturated heterocycles. The van der Waals surface area contributed by atoms with Gasteiger partial charge in [0.15, 0.2) is 0 Å². The molecule has 10 heteroatoms. The van der Waals surface area contributed by atoms with Crippen LogP contribution in [-0.2, 0) is 9.59 Å². The number of thioether (sulfide) groups is 2. The highest BCUT2D eigenvalue weighted by Crippen LogP contribution is 2.20. The highest BCUT2D eigenvalue weighted by atomic mass is 32.2. The fourth-order valence-corrected chi connectivity index (χ4v) is 4.88. The molecule has 0 saturated carbocycles. The molecule has 2 amide bonds. The third-order valence-corrected chi connectivity index (χ3v) is 6.69. The molecule has 6 N–H and O–H groups in total. The Balaban J connectivity index is 1.99. The van der Waals surface area contributed by atoms with Crippen LogP contribution in [-0.4, -0.2) is 59.1 Å². The molecular formula is C18H34N6O2S2+2. The molecule has 0 aromatic rings. The zero-order valence-corrected chi connectivity index (χ0v) is 19.0. The topological polar surface area (TPSA) is 116 Å². The summed E-state index contributed by atoms with van der Waals surface area (Å²) in [6, 6.07) is 0. The van der Waals surface area contributed by atoms with Crippen LogP contribution in [0.25, 0.3) is 0 Å². The molecular weight excluding hydrogens is 396 g/mol. The van der Waals surface area contributed by atoms with E-state index in [1.165, 1.54) is 23.5 Å². The number of hydrogen-bond donors (Lipinski definition) is 4. The lowest BCUT2D eigenvalue weighted by Crippen LogP contribution is -3.07. The minimum Gasteiger partial charge on any atom is -0.290 e. The van der Waals surface area contributed by atoms with E-state index in [4.69, 9.17) is 9.98 Å². The predicted molar refractivity (Wildman–Crippen MR) is 116 cm³/mol. The van der Waals surface area contributed by atoms with Crippen LogP contribution in [0.15, 0.2) is 9.98 Å². The first-order valence-electron chi connectivity index (χ1n) is 9.96. The Morgan fingerprint density at radius 2 is 1.25 bits per heavy atom. The molecule has 2 rings (SSSR count). The molecule has 0 radical (unpaired) electrons. The van der Waals surface area contributed by atoms with Crippen molar-refractivity contribution in [2.75, 3.05) is 25.6 Å². The van der Waals surface area contributed by atoms with Crippen molar-refractivity contribution in [3.05, 3.63) is 0 Å². The Morgan fingerprint density at radius 3 is 1.57 bits per heavy atom. The first kappa shape index (κ1) is 23.2. The summed E-state index contributed by atoms with van der Waals surface area (Å²) in [4.78, 5) is 33.9. The third-order valence-electron chi connectivity index (χ3n) is 4.72. The molecule has 0 fully saturated rings. The lowest BCUT2D eigenvalue weighted by atomic mass is 10.1. The van der Waals surface area contributed by atoms with E-state index in [-0.39, 0.29) is 11.8 Å². The van der Waals surface area contributed by atoms with E-state index >= 15 is 0 Å². The van der Waals surface area contributed by atoms with Gasteiger partial charge in [-0.15, -0.1) is 0 Å². The quantitative estimate of drug-likeness (QED) is 0.263. The van der Waals surface area contributed by atoms with Gasteiger partial charge in [0.25, 0.3) is 0 Å². The molecule has 8 nitrogen and oxygen atoms in total. The fourth-order valence-electron chi connectivity index (χ4n) is 3.44. The summed E-state index contributed by atoms with van der Waals surface area (Å²) in [6.45, 7) is 5.67. The number of aliphatic imine (C=N–C) groups is 2. The van der Waals surface area contributed by atoms with E-state index in [0.29, 0.717) is 12.8 Å². The molecule has 0 aliphatic carbocycles. The van der Waals surface area contributed by atoms with Gasteiger partial charge in [0.05, 0.1) is 12.8 Å². The molecule has 0 aromatic carbocycles. The Bertz CT molecular complexity index is 588. The summed E-state index contributed by atoms with van der Waals surface area (Å²) in [5.74, 6) is 0.0592. The Labute approximate surface area is 175 Å². The number of quaternary nitrogens is 2. The summed E-state index contributed by atoms with van der Waals surface area (Å²) < 4.78 is 0. The number of hydrogen-bond acceptors (Lipinski definition) is 6. The number of carbonyl (C=O) groups is 2. The van der Waals surface area contributed by atoms with E-state index < -0.39 is 10.2 Å². The van der Waals surface area contributed by atoms with Crippen molar-refractivity contribution < 1.29 is 20.2 Å². The maximum Gasteiger partial charge on any atom is 0.320 e. The van der Waals surface area contributed by atoms with Crippen molar-refractivity contribution >= 4 is 46.8 Å². The molecule has 158 valence electrons. The van der Waals surface area contributed by atoms with Crippen LogP contribution in [0.5, 0.6) is 0 Å². The Morgan fingerprint density at radius 1 is 0.857 bits per heavy atom.